The van der Waals surface area contributed by atoms with Gasteiger partial charge in [-0.1, -0.05) is 30.3 Å². The number of ether oxygens (including phenoxy) is 1. The molecule has 0 bridgehead atoms. The van der Waals surface area contributed by atoms with E-state index in [1.54, 1.807) is 0 Å². The van der Waals surface area contributed by atoms with Crippen LogP contribution in [0.2, 0.25) is 0 Å². The Hall–Kier alpha value is -2.22. The second-order valence-electron chi connectivity index (χ2n) is 4.96. The van der Waals surface area contributed by atoms with Gasteiger partial charge in [0.15, 0.2) is 0 Å². The zero-order valence-electron chi connectivity index (χ0n) is 11.9. The third-order valence-electron chi connectivity index (χ3n) is 3.70. The lowest BCUT2D eigenvalue weighted by Crippen LogP contribution is -2.04. The summed E-state index contributed by atoms with van der Waals surface area (Å²) in [7, 11) is 0. The predicted molar refractivity (Wildman–Crippen MR) is 83.4 cm³/mol. The van der Waals surface area contributed by atoms with E-state index in [1.165, 1.54) is 16.5 Å². The molecule has 1 atom stereocenters. The fourth-order valence-corrected chi connectivity index (χ4v) is 2.63. The molecule has 1 unspecified atom stereocenters. The average molecular weight is 265 g/mol. The third-order valence-corrected chi connectivity index (χ3v) is 3.70. The van der Waals surface area contributed by atoms with E-state index in [9.17, 15) is 0 Å². The van der Waals surface area contributed by atoms with Crippen LogP contribution in [-0.2, 0) is 0 Å². The minimum absolute atomic E-state index is 0.326. The maximum atomic E-state index is 5.56. The summed E-state index contributed by atoms with van der Waals surface area (Å²) in [6.07, 6.45) is 2.15. The topological polar surface area (TPSA) is 14.2 Å². The van der Waals surface area contributed by atoms with Crippen LogP contribution < -0.4 is 4.74 Å². The summed E-state index contributed by atoms with van der Waals surface area (Å²) in [5.41, 5.74) is 2.56. The third kappa shape index (κ3) is 2.29. The number of rotatable bonds is 4. The Balaban J connectivity index is 2.00. The normalized spacial score (nSPS) is 12.5. The van der Waals surface area contributed by atoms with Crippen molar-refractivity contribution in [2.45, 2.75) is 19.9 Å². The van der Waals surface area contributed by atoms with Crippen molar-refractivity contribution >= 4 is 10.9 Å². The van der Waals surface area contributed by atoms with Gasteiger partial charge in [-0.15, -0.1) is 0 Å². The minimum atomic E-state index is 0.326. The van der Waals surface area contributed by atoms with Crippen LogP contribution in [0.5, 0.6) is 5.75 Å². The Morgan fingerprint density at radius 1 is 1.05 bits per heavy atom. The van der Waals surface area contributed by atoms with Crippen LogP contribution in [0.1, 0.15) is 25.5 Å². The highest BCUT2D eigenvalue weighted by Gasteiger charge is 2.10. The maximum absolute atomic E-state index is 5.56. The first kappa shape index (κ1) is 12.8. The molecule has 3 rings (SSSR count). The molecule has 0 aliphatic carbocycles. The second kappa shape index (κ2) is 5.41. The van der Waals surface area contributed by atoms with E-state index in [0.717, 1.165) is 5.75 Å². The van der Waals surface area contributed by atoms with Crippen molar-refractivity contribution in [2.24, 2.45) is 0 Å². The molecule has 20 heavy (non-hydrogen) atoms. The molecule has 0 saturated heterocycles. The Labute approximate surface area is 119 Å². The van der Waals surface area contributed by atoms with E-state index in [4.69, 9.17) is 4.74 Å². The van der Waals surface area contributed by atoms with Crippen molar-refractivity contribution in [1.29, 1.82) is 0 Å². The van der Waals surface area contributed by atoms with Crippen LogP contribution >= 0.6 is 0 Å². The van der Waals surface area contributed by atoms with Crippen LogP contribution in [0.25, 0.3) is 10.9 Å². The van der Waals surface area contributed by atoms with Gasteiger partial charge in [0.1, 0.15) is 5.75 Å². The number of benzene rings is 2. The number of fused-ring (bicyclic) bond motifs is 1. The molecular weight excluding hydrogens is 246 g/mol. The van der Waals surface area contributed by atoms with Crippen molar-refractivity contribution < 1.29 is 4.74 Å². The molecule has 0 aliphatic heterocycles. The van der Waals surface area contributed by atoms with Crippen LogP contribution in [0.15, 0.2) is 60.8 Å². The van der Waals surface area contributed by atoms with Gasteiger partial charge in [0.2, 0.25) is 0 Å². The molecule has 0 saturated carbocycles. The molecule has 102 valence electrons. The highest BCUT2D eigenvalue weighted by molar-refractivity contribution is 5.82. The molecule has 1 aromatic heterocycles. The maximum Gasteiger partial charge on any atom is 0.120 e. The lowest BCUT2D eigenvalue weighted by Gasteiger charge is -2.16. The molecule has 2 aromatic carbocycles. The summed E-state index contributed by atoms with van der Waals surface area (Å²) >= 11 is 0. The molecule has 1 heterocycles. The lowest BCUT2D eigenvalue weighted by molar-refractivity contribution is 0.340. The smallest absolute Gasteiger partial charge is 0.120 e. The molecule has 0 fully saturated rings. The van der Waals surface area contributed by atoms with E-state index >= 15 is 0 Å². The van der Waals surface area contributed by atoms with Crippen LogP contribution in [0, 0.1) is 0 Å². The Bertz CT molecular complexity index is 700. The summed E-state index contributed by atoms with van der Waals surface area (Å²) in [5.74, 6) is 0.935. The zero-order chi connectivity index (χ0) is 13.9. The Morgan fingerprint density at radius 2 is 1.85 bits per heavy atom. The van der Waals surface area contributed by atoms with Crippen molar-refractivity contribution in [1.82, 2.24) is 4.57 Å². The first-order valence-electron chi connectivity index (χ1n) is 7.08. The summed E-state index contributed by atoms with van der Waals surface area (Å²) in [6.45, 7) is 4.94. The number of hydrogen-bond acceptors (Lipinski definition) is 1. The van der Waals surface area contributed by atoms with E-state index in [1.807, 2.05) is 13.0 Å². The van der Waals surface area contributed by atoms with E-state index in [0.29, 0.717) is 12.6 Å². The molecule has 0 aliphatic rings. The van der Waals surface area contributed by atoms with Crippen molar-refractivity contribution in [3.8, 4) is 5.75 Å². The largest absolute Gasteiger partial charge is 0.494 e. The summed E-state index contributed by atoms with van der Waals surface area (Å²) < 4.78 is 7.87. The minimum Gasteiger partial charge on any atom is -0.494 e. The van der Waals surface area contributed by atoms with Crippen LogP contribution in [-0.4, -0.2) is 11.2 Å². The number of aromatic nitrogens is 1. The van der Waals surface area contributed by atoms with Gasteiger partial charge in [0.25, 0.3) is 0 Å². The zero-order valence-corrected chi connectivity index (χ0v) is 11.9. The number of hydrogen-bond donors (Lipinski definition) is 0. The van der Waals surface area contributed by atoms with Gasteiger partial charge in [0.05, 0.1) is 12.6 Å². The van der Waals surface area contributed by atoms with Crippen molar-refractivity contribution in [3.63, 3.8) is 0 Å². The van der Waals surface area contributed by atoms with Crippen LogP contribution in [0.4, 0.5) is 0 Å². The standard InChI is InChI=1S/C18H19NO/c1-3-20-17-9-10-18-16(13-17)11-12-19(18)14(2)15-7-5-4-6-8-15/h4-14H,3H2,1-2H3. The van der Waals surface area contributed by atoms with E-state index in [-0.39, 0.29) is 0 Å². The number of nitrogens with zero attached hydrogens (tertiary/aromatic N) is 1. The SMILES string of the molecule is CCOc1ccc2c(ccn2C(C)c2ccccc2)c1. The fraction of sp³-hybridized carbons (Fsp3) is 0.222. The first-order chi connectivity index (χ1) is 9.79. The Kier molecular flexibility index (Phi) is 3.46. The first-order valence-corrected chi connectivity index (χ1v) is 7.08. The van der Waals surface area contributed by atoms with E-state index < -0.39 is 0 Å². The summed E-state index contributed by atoms with van der Waals surface area (Å²) in [4.78, 5) is 0. The van der Waals surface area contributed by atoms with Gasteiger partial charge in [0, 0.05) is 17.1 Å². The molecule has 0 N–H and O–H groups in total. The molecule has 0 spiro atoms. The monoisotopic (exact) mass is 265 g/mol. The van der Waals surface area contributed by atoms with Gasteiger partial charge in [-0.25, -0.2) is 0 Å². The lowest BCUT2D eigenvalue weighted by atomic mass is 10.1. The predicted octanol–water partition coefficient (Wildman–Crippen LogP) is 4.65. The molecule has 3 aromatic rings. The molecular formula is C18H19NO. The summed E-state index contributed by atoms with van der Waals surface area (Å²) in [6, 6.07) is 19.3. The van der Waals surface area contributed by atoms with Gasteiger partial charge in [-0.2, -0.15) is 0 Å². The molecule has 2 heteroatoms. The molecule has 0 amide bonds. The van der Waals surface area contributed by atoms with Gasteiger partial charge < -0.3 is 9.30 Å². The highest BCUT2D eigenvalue weighted by atomic mass is 16.5. The average Bonchev–Trinajstić information content (AvgIpc) is 2.91. The fourth-order valence-electron chi connectivity index (χ4n) is 2.63. The van der Waals surface area contributed by atoms with Gasteiger partial charge in [-0.3, -0.25) is 0 Å². The quantitative estimate of drug-likeness (QED) is 0.669. The van der Waals surface area contributed by atoms with Crippen molar-refractivity contribution in [2.75, 3.05) is 6.61 Å². The summed E-state index contributed by atoms with van der Waals surface area (Å²) in [5, 5.41) is 1.22. The highest BCUT2D eigenvalue weighted by Crippen LogP contribution is 2.27. The van der Waals surface area contributed by atoms with E-state index in [2.05, 4.69) is 66.2 Å². The van der Waals surface area contributed by atoms with Crippen LogP contribution in [0.3, 0.4) is 0 Å². The van der Waals surface area contributed by atoms with Gasteiger partial charge >= 0.3 is 0 Å². The second-order valence-corrected chi connectivity index (χ2v) is 4.96. The molecule has 2 nitrogen and oxygen atoms in total. The van der Waals surface area contributed by atoms with Crippen molar-refractivity contribution in [3.05, 3.63) is 66.4 Å². The Morgan fingerprint density at radius 3 is 2.60 bits per heavy atom. The molecule has 0 radical (unpaired) electrons. The van der Waals surface area contributed by atoms with Gasteiger partial charge in [-0.05, 0) is 43.7 Å².